The van der Waals surface area contributed by atoms with Gasteiger partial charge in [0.2, 0.25) is 5.76 Å². The average Bonchev–Trinajstić information content (AvgIpc) is 2.97. The summed E-state index contributed by atoms with van der Waals surface area (Å²) in [5.74, 6) is -0.443. The maximum atomic E-state index is 10.7. The lowest BCUT2D eigenvalue weighted by atomic mass is 10.1. The number of aromatic carboxylic acids is 1. The zero-order valence-corrected chi connectivity index (χ0v) is 10.4. The highest BCUT2D eigenvalue weighted by atomic mass is 32.2. The van der Waals surface area contributed by atoms with Crippen molar-refractivity contribution in [3.8, 4) is 0 Å². The number of hydrogen-bond acceptors (Lipinski definition) is 3. The van der Waals surface area contributed by atoms with E-state index in [0.29, 0.717) is 16.3 Å². The normalized spacial score (nSPS) is 21.8. The van der Waals surface area contributed by atoms with E-state index in [0.717, 1.165) is 6.42 Å². The van der Waals surface area contributed by atoms with Crippen LogP contribution in [-0.4, -0.2) is 16.3 Å². The Morgan fingerprint density at radius 3 is 2.67 bits per heavy atom. The summed E-state index contributed by atoms with van der Waals surface area (Å²) in [4.78, 5) is 10.7. The van der Waals surface area contributed by atoms with Gasteiger partial charge in [-0.25, -0.2) is 4.79 Å². The van der Waals surface area contributed by atoms with Crippen molar-refractivity contribution in [3.05, 3.63) is 53.8 Å². The fourth-order valence-corrected chi connectivity index (χ4v) is 3.21. The van der Waals surface area contributed by atoms with Gasteiger partial charge in [0.15, 0.2) is 5.09 Å². The monoisotopic (exact) mass is 260 g/mol. The molecule has 92 valence electrons. The van der Waals surface area contributed by atoms with Crippen LogP contribution >= 0.6 is 11.8 Å². The summed E-state index contributed by atoms with van der Waals surface area (Å²) in [5, 5.41) is 9.97. The first-order valence-electron chi connectivity index (χ1n) is 5.79. The molecule has 2 unspecified atom stereocenters. The van der Waals surface area contributed by atoms with Crippen molar-refractivity contribution in [3.63, 3.8) is 0 Å². The van der Waals surface area contributed by atoms with E-state index in [1.54, 1.807) is 17.8 Å². The molecule has 1 aliphatic carbocycles. The van der Waals surface area contributed by atoms with E-state index in [4.69, 9.17) is 9.52 Å². The molecule has 2 atom stereocenters. The summed E-state index contributed by atoms with van der Waals surface area (Å²) in [6, 6.07) is 13.6. The first-order chi connectivity index (χ1) is 8.74. The van der Waals surface area contributed by atoms with Crippen LogP contribution < -0.4 is 0 Å². The smallest absolute Gasteiger partial charge is 0.371 e. The molecule has 3 rings (SSSR count). The first kappa shape index (κ1) is 11.4. The SMILES string of the molecule is O=C(O)c1ccc(SC2CC2c2ccccc2)o1. The Labute approximate surface area is 109 Å². The van der Waals surface area contributed by atoms with Gasteiger partial charge in [0.25, 0.3) is 0 Å². The molecule has 0 bridgehead atoms. The first-order valence-corrected chi connectivity index (χ1v) is 6.67. The van der Waals surface area contributed by atoms with Crippen molar-refractivity contribution in [2.24, 2.45) is 0 Å². The number of hydrogen-bond donors (Lipinski definition) is 1. The molecular weight excluding hydrogens is 248 g/mol. The van der Waals surface area contributed by atoms with Crippen LogP contribution in [0.1, 0.15) is 28.5 Å². The van der Waals surface area contributed by atoms with Gasteiger partial charge < -0.3 is 9.52 Å². The molecular formula is C14H12O3S. The van der Waals surface area contributed by atoms with Crippen molar-refractivity contribution in [2.45, 2.75) is 22.7 Å². The molecule has 1 saturated carbocycles. The molecule has 1 heterocycles. The second kappa shape index (κ2) is 4.53. The van der Waals surface area contributed by atoms with Crippen molar-refractivity contribution in [1.82, 2.24) is 0 Å². The summed E-state index contributed by atoms with van der Waals surface area (Å²) < 4.78 is 5.24. The van der Waals surface area contributed by atoms with Gasteiger partial charge in [-0.1, -0.05) is 42.1 Å². The molecule has 0 saturated heterocycles. The maximum absolute atomic E-state index is 10.7. The third-order valence-corrected chi connectivity index (χ3v) is 4.29. The lowest BCUT2D eigenvalue weighted by Gasteiger charge is -1.98. The Kier molecular flexibility index (Phi) is 2.88. The molecule has 1 fully saturated rings. The fourth-order valence-electron chi connectivity index (χ4n) is 2.00. The van der Waals surface area contributed by atoms with Crippen molar-refractivity contribution < 1.29 is 14.3 Å². The molecule has 2 aromatic rings. The lowest BCUT2D eigenvalue weighted by molar-refractivity contribution is 0.0656. The van der Waals surface area contributed by atoms with Crippen molar-refractivity contribution in [2.75, 3.05) is 0 Å². The van der Waals surface area contributed by atoms with Crippen molar-refractivity contribution >= 4 is 17.7 Å². The minimum Gasteiger partial charge on any atom is -0.475 e. The van der Waals surface area contributed by atoms with Crippen LogP contribution in [0.4, 0.5) is 0 Å². The highest BCUT2D eigenvalue weighted by Crippen LogP contribution is 2.51. The number of benzene rings is 1. The molecule has 1 aliphatic rings. The average molecular weight is 260 g/mol. The fraction of sp³-hybridized carbons (Fsp3) is 0.214. The van der Waals surface area contributed by atoms with E-state index in [2.05, 4.69) is 12.1 Å². The predicted octanol–water partition coefficient (Wildman–Crippen LogP) is 3.63. The van der Waals surface area contributed by atoms with Crippen LogP contribution in [0.3, 0.4) is 0 Å². The van der Waals surface area contributed by atoms with E-state index in [9.17, 15) is 4.79 Å². The van der Waals surface area contributed by atoms with Gasteiger partial charge in [0.1, 0.15) is 0 Å². The maximum Gasteiger partial charge on any atom is 0.371 e. The van der Waals surface area contributed by atoms with Crippen molar-refractivity contribution in [1.29, 1.82) is 0 Å². The predicted molar refractivity (Wildman–Crippen MR) is 69.1 cm³/mol. The van der Waals surface area contributed by atoms with E-state index < -0.39 is 5.97 Å². The largest absolute Gasteiger partial charge is 0.475 e. The molecule has 0 amide bonds. The van der Waals surface area contributed by atoms with Gasteiger partial charge in [-0.2, -0.15) is 0 Å². The summed E-state index contributed by atoms with van der Waals surface area (Å²) in [7, 11) is 0. The van der Waals surface area contributed by atoms with Gasteiger partial charge in [-0.3, -0.25) is 0 Å². The number of carboxylic acid groups (broad SMARTS) is 1. The summed E-state index contributed by atoms with van der Waals surface area (Å²) >= 11 is 1.62. The minimum absolute atomic E-state index is 0.00871. The van der Waals surface area contributed by atoms with Crippen LogP contribution in [0, 0.1) is 0 Å². The van der Waals surface area contributed by atoms with Crippen LogP contribution in [0.15, 0.2) is 52.0 Å². The number of carbonyl (C=O) groups is 1. The van der Waals surface area contributed by atoms with Gasteiger partial charge in [0.05, 0.1) is 0 Å². The summed E-state index contributed by atoms with van der Waals surface area (Å²) in [6.45, 7) is 0. The molecule has 0 spiro atoms. The Morgan fingerprint density at radius 2 is 2.00 bits per heavy atom. The Bertz CT molecular complexity index is 561. The number of rotatable bonds is 4. The zero-order chi connectivity index (χ0) is 12.5. The third-order valence-electron chi connectivity index (χ3n) is 3.02. The Morgan fingerprint density at radius 1 is 1.22 bits per heavy atom. The molecule has 3 nitrogen and oxygen atoms in total. The van der Waals surface area contributed by atoms with Gasteiger partial charge in [-0.15, -0.1) is 0 Å². The summed E-state index contributed by atoms with van der Waals surface area (Å²) in [5.41, 5.74) is 1.35. The van der Waals surface area contributed by atoms with Crippen LogP contribution in [0.5, 0.6) is 0 Å². The molecule has 1 aromatic carbocycles. The van der Waals surface area contributed by atoms with Gasteiger partial charge >= 0.3 is 5.97 Å². The highest BCUT2D eigenvalue weighted by molar-refractivity contribution is 8.00. The standard InChI is InChI=1S/C14H12O3S/c15-14(16)11-6-7-13(17-11)18-12-8-10(12)9-4-2-1-3-5-9/h1-7,10,12H,8H2,(H,15,16). The molecule has 4 heteroatoms. The molecule has 1 aromatic heterocycles. The number of thioether (sulfide) groups is 1. The zero-order valence-electron chi connectivity index (χ0n) is 9.58. The van der Waals surface area contributed by atoms with Gasteiger partial charge in [0, 0.05) is 5.25 Å². The number of furan rings is 1. The third kappa shape index (κ3) is 2.29. The van der Waals surface area contributed by atoms with Crippen LogP contribution in [-0.2, 0) is 0 Å². The minimum atomic E-state index is -1.02. The van der Waals surface area contributed by atoms with E-state index in [1.807, 2.05) is 18.2 Å². The second-order valence-corrected chi connectivity index (χ2v) is 5.58. The van der Waals surface area contributed by atoms with Gasteiger partial charge in [-0.05, 0) is 30.0 Å². The van der Waals surface area contributed by atoms with E-state index in [-0.39, 0.29) is 5.76 Å². The molecule has 0 aliphatic heterocycles. The lowest BCUT2D eigenvalue weighted by Crippen LogP contribution is -1.91. The topological polar surface area (TPSA) is 50.4 Å². The van der Waals surface area contributed by atoms with Crippen LogP contribution in [0.2, 0.25) is 0 Å². The van der Waals surface area contributed by atoms with E-state index in [1.165, 1.54) is 11.6 Å². The quantitative estimate of drug-likeness (QED) is 0.912. The summed E-state index contributed by atoms with van der Waals surface area (Å²) in [6.07, 6.45) is 1.12. The Hall–Kier alpha value is -1.68. The molecule has 0 radical (unpaired) electrons. The van der Waals surface area contributed by atoms with E-state index >= 15 is 0 Å². The highest BCUT2D eigenvalue weighted by Gasteiger charge is 2.39. The molecule has 1 N–H and O–H groups in total. The van der Waals surface area contributed by atoms with Crippen LogP contribution in [0.25, 0.3) is 0 Å². The second-order valence-electron chi connectivity index (χ2n) is 4.33. The molecule has 18 heavy (non-hydrogen) atoms. The Balaban J connectivity index is 1.64. The number of carboxylic acids is 1.